The first-order valence-electron chi connectivity index (χ1n) is 4.37. The molecule has 1 nitrogen and oxygen atoms in total. The van der Waals surface area contributed by atoms with Crippen LogP contribution in [0.3, 0.4) is 0 Å². The molecular weight excluding hydrogens is 214 g/mol. The predicted octanol–water partition coefficient (Wildman–Crippen LogP) is 2.11. The third kappa shape index (κ3) is 1.96. The first-order chi connectivity index (χ1) is 6.40. The minimum atomic E-state index is -0.900. The summed E-state index contributed by atoms with van der Waals surface area (Å²) in [4.78, 5) is 0. The van der Waals surface area contributed by atoms with Crippen LogP contribution in [0.1, 0.15) is 0 Å². The van der Waals surface area contributed by atoms with Gasteiger partial charge >= 0.3 is 85.6 Å². The van der Waals surface area contributed by atoms with Crippen molar-refractivity contribution >= 4 is 14.9 Å². The molecule has 0 saturated heterocycles. The molecule has 2 aromatic carbocycles. The Kier molecular flexibility index (Phi) is 2.72. The second-order valence-corrected chi connectivity index (χ2v) is 6.64. The van der Waals surface area contributed by atoms with E-state index in [4.69, 9.17) is 3.56 Å². The fourth-order valence-corrected chi connectivity index (χ4v) is 3.28. The van der Waals surface area contributed by atoms with Gasteiger partial charge in [-0.05, 0) is 0 Å². The van der Waals surface area contributed by atoms with Crippen LogP contribution in [0.2, 0.25) is 0 Å². The van der Waals surface area contributed by atoms with Crippen molar-refractivity contribution in [2.75, 3.05) is 7.11 Å². The summed E-state index contributed by atoms with van der Waals surface area (Å²) in [5.74, 6) is 0. The molecular formula is C11H10OZn. The maximum absolute atomic E-state index is 5.26. The molecule has 2 aromatic rings. The molecule has 2 rings (SSSR count). The third-order valence-electron chi connectivity index (χ3n) is 2.12. The van der Waals surface area contributed by atoms with Gasteiger partial charge in [-0.2, -0.15) is 0 Å². The molecule has 13 heavy (non-hydrogen) atoms. The van der Waals surface area contributed by atoms with Gasteiger partial charge in [-0.3, -0.25) is 0 Å². The molecule has 62 valence electrons. The summed E-state index contributed by atoms with van der Waals surface area (Å²) in [7, 11) is 1.80. The van der Waals surface area contributed by atoms with Gasteiger partial charge in [0.15, 0.2) is 0 Å². The molecule has 0 aliphatic rings. The van der Waals surface area contributed by atoms with Gasteiger partial charge in [0.05, 0.1) is 0 Å². The van der Waals surface area contributed by atoms with Crippen molar-refractivity contribution in [2.45, 2.75) is 0 Å². The van der Waals surface area contributed by atoms with Gasteiger partial charge in [0.25, 0.3) is 0 Å². The monoisotopic (exact) mass is 222 g/mol. The van der Waals surface area contributed by atoms with Crippen molar-refractivity contribution in [3.8, 4) is 0 Å². The van der Waals surface area contributed by atoms with E-state index in [1.54, 1.807) is 7.11 Å². The van der Waals surface area contributed by atoms with Crippen LogP contribution in [0, 0.1) is 0 Å². The molecule has 0 aliphatic heterocycles. The summed E-state index contributed by atoms with van der Waals surface area (Å²) >= 11 is -0.900. The molecule has 0 bridgehead atoms. The van der Waals surface area contributed by atoms with Crippen molar-refractivity contribution in [3.63, 3.8) is 0 Å². The Morgan fingerprint density at radius 2 is 1.77 bits per heavy atom. The average molecular weight is 224 g/mol. The SMILES string of the molecule is C[O][Zn][c]1ccc2ccccc2c1. The van der Waals surface area contributed by atoms with Crippen LogP contribution >= 0.6 is 0 Å². The summed E-state index contributed by atoms with van der Waals surface area (Å²) < 4.78 is 6.68. The van der Waals surface area contributed by atoms with Crippen LogP contribution in [-0.2, 0) is 21.1 Å². The van der Waals surface area contributed by atoms with Crippen LogP contribution in [0.15, 0.2) is 42.5 Å². The van der Waals surface area contributed by atoms with Crippen molar-refractivity contribution in [2.24, 2.45) is 0 Å². The fraction of sp³-hybridized carbons (Fsp3) is 0.0909. The molecule has 0 unspecified atom stereocenters. The zero-order valence-corrected chi connectivity index (χ0v) is 10.6. The molecule has 0 fully saturated rings. The second kappa shape index (κ2) is 3.99. The average Bonchev–Trinajstić information content (AvgIpc) is 2.18. The van der Waals surface area contributed by atoms with Gasteiger partial charge in [0.2, 0.25) is 0 Å². The van der Waals surface area contributed by atoms with Crippen molar-refractivity contribution in [1.82, 2.24) is 0 Å². The summed E-state index contributed by atoms with van der Waals surface area (Å²) in [5.41, 5.74) is 0. The third-order valence-corrected chi connectivity index (χ3v) is 4.35. The van der Waals surface area contributed by atoms with E-state index in [-0.39, 0.29) is 0 Å². The summed E-state index contributed by atoms with van der Waals surface area (Å²) in [5, 5.41) is 2.63. The number of benzene rings is 2. The van der Waals surface area contributed by atoms with E-state index in [1.807, 2.05) is 0 Å². The molecule has 0 amide bonds. The number of fused-ring (bicyclic) bond motifs is 1. The van der Waals surface area contributed by atoms with E-state index < -0.39 is 17.5 Å². The van der Waals surface area contributed by atoms with Crippen molar-refractivity contribution < 1.29 is 21.1 Å². The first kappa shape index (κ1) is 8.86. The topological polar surface area (TPSA) is 9.23 Å². The first-order valence-corrected chi connectivity index (χ1v) is 7.06. The second-order valence-electron chi connectivity index (χ2n) is 3.11. The minimum absolute atomic E-state index is 0.900. The number of hydrogen-bond donors (Lipinski definition) is 0. The van der Waals surface area contributed by atoms with E-state index in [0.717, 1.165) is 0 Å². The van der Waals surface area contributed by atoms with E-state index in [2.05, 4.69) is 42.5 Å². The van der Waals surface area contributed by atoms with Gasteiger partial charge in [0.1, 0.15) is 0 Å². The Bertz CT molecular complexity index is 412. The van der Waals surface area contributed by atoms with Crippen LogP contribution in [0.4, 0.5) is 0 Å². The summed E-state index contributed by atoms with van der Waals surface area (Å²) in [6, 6.07) is 15.0. The molecule has 0 heterocycles. The number of hydrogen-bond acceptors (Lipinski definition) is 1. The Morgan fingerprint density at radius 3 is 2.54 bits per heavy atom. The fourth-order valence-electron chi connectivity index (χ4n) is 1.50. The molecule has 0 spiro atoms. The maximum atomic E-state index is 5.26. The molecule has 0 N–H and O–H groups in total. The van der Waals surface area contributed by atoms with Gasteiger partial charge in [-0.1, -0.05) is 0 Å². The van der Waals surface area contributed by atoms with Gasteiger partial charge in [-0.25, -0.2) is 0 Å². The zero-order valence-electron chi connectivity index (χ0n) is 7.66. The van der Waals surface area contributed by atoms with Gasteiger partial charge in [-0.15, -0.1) is 0 Å². The van der Waals surface area contributed by atoms with Crippen molar-refractivity contribution in [1.29, 1.82) is 0 Å². The van der Waals surface area contributed by atoms with Gasteiger partial charge < -0.3 is 0 Å². The van der Waals surface area contributed by atoms with E-state index in [9.17, 15) is 0 Å². The van der Waals surface area contributed by atoms with E-state index >= 15 is 0 Å². The molecule has 0 saturated carbocycles. The van der Waals surface area contributed by atoms with Crippen LogP contribution in [-0.4, -0.2) is 7.11 Å². The standard InChI is InChI=1S/C10H7.CH3O.Zn/c1-2-6-10-8-4-3-7-9(10)5-1;1-2;/h1-3,5-8H;1H3;/q;-1;+1. The molecule has 0 aliphatic carbocycles. The van der Waals surface area contributed by atoms with Crippen LogP contribution < -0.4 is 4.16 Å². The quantitative estimate of drug-likeness (QED) is 0.709. The Labute approximate surface area is 85.7 Å². The number of rotatable bonds is 2. The Hall–Kier alpha value is -0.717. The van der Waals surface area contributed by atoms with Gasteiger partial charge in [0, 0.05) is 0 Å². The summed E-state index contributed by atoms with van der Waals surface area (Å²) in [6.45, 7) is 0. The van der Waals surface area contributed by atoms with Crippen LogP contribution in [0.25, 0.3) is 10.8 Å². The summed E-state index contributed by atoms with van der Waals surface area (Å²) in [6.07, 6.45) is 0. The van der Waals surface area contributed by atoms with E-state index in [0.29, 0.717) is 0 Å². The van der Waals surface area contributed by atoms with Crippen molar-refractivity contribution in [3.05, 3.63) is 42.5 Å². The molecule has 0 radical (unpaired) electrons. The zero-order chi connectivity index (χ0) is 9.10. The molecule has 2 heteroatoms. The predicted molar refractivity (Wildman–Crippen MR) is 50.6 cm³/mol. The normalized spacial score (nSPS) is 9.92. The Balaban J connectivity index is 2.49. The Morgan fingerprint density at radius 1 is 1.00 bits per heavy atom. The van der Waals surface area contributed by atoms with Crippen LogP contribution in [0.5, 0.6) is 0 Å². The van der Waals surface area contributed by atoms with E-state index in [1.165, 1.54) is 14.9 Å². The molecule has 0 aromatic heterocycles. The molecule has 0 atom stereocenters.